The Morgan fingerprint density at radius 3 is 2.60 bits per heavy atom. The van der Waals surface area contributed by atoms with Crippen molar-refractivity contribution in [2.45, 2.75) is 0 Å². The summed E-state index contributed by atoms with van der Waals surface area (Å²) < 4.78 is 24.0. The van der Waals surface area contributed by atoms with Gasteiger partial charge in [0.1, 0.15) is 19.0 Å². The highest BCUT2D eigenvalue weighted by Crippen LogP contribution is 2.32. The van der Waals surface area contributed by atoms with Crippen LogP contribution in [0.15, 0.2) is 36.4 Å². The van der Waals surface area contributed by atoms with Gasteiger partial charge in [-0.2, -0.15) is 0 Å². The number of benzene rings is 2. The van der Waals surface area contributed by atoms with Crippen molar-refractivity contribution in [2.75, 3.05) is 13.2 Å². The second kappa shape index (κ2) is 5.13. The van der Waals surface area contributed by atoms with E-state index < -0.39 is 5.82 Å². The van der Waals surface area contributed by atoms with Gasteiger partial charge in [0.2, 0.25) is 0 Å². The number of carbonyl (C=O) groups excluding carboxylic acids is 1. The van der Waals surface area contributed by atoms with Crippen molar-refractivity contribution >= 4 is 17.4 Å². The highest BCUT2D eigenvalue weighted by atomic mass is 35.5. The van der Waals surface area contributed by atoms with Gasteiger partial charge in [0, 0.05) is 11.1 Å². The van der Waals surface area contributed by atoms with E-state index in [2.05, 4.69) is 0 Å². The van der Waals surface area contributed by atoms with Crippen LogP contribution in [0.5, 0.6) is 11.5 Å². The summed E-state index contributed by atoms with van der Waals surface area (Å²) in [6.45, 7) is 0.918. The SMILES string of the molecule is O=C(c1ccc2c(c1)OCCO2)c1cc(F)ccc1Cl. The van der Waals surface area contributed by atoms with Crippen LogP contribution in [0.1, 0.15) is 15.9 Å². The van der Waals surface area contributed by atoms with E-state index in [9.17, 15) is 9.18 Å². The van der Waals surface area contributed by atoms with Gasteiger partial charge in [-0.25, -0.2) is 4.39 Å². The van der Waals surface area contributed by atoms with Crippen molar-refractivity contribution in [3.63, 3.8) is 0 Å². The minimum absolute atomic E-state index is 0.128. The monoisotopic (exact) mass is 292 g/mol. The molecule has 0 saturated carbocycles. The first-order chi connectivity index (χ1) is 9.65. The molecule has 2 aromatic carbocycles. The fourth-order valence-corrected chi connectivity index (χ4v) is 2.21. The van der Waals surface area contributed by atoms with E-state index in [1.54, 1.807) is 18.2 Å². The molecule has 0 N–H and O–H groups in total. The third-order valence-corrected chi connectivity index (χ3v) is 3.31. The second-order valence-electron chi connectivity index (χ2n) is 4.31. The van der Waals surface area contributed by atoms with Gasteiger partial charge in [-0.15, -0.1) is 0 Å². The molecule has 1 aliphatic rings. The smallest absolute Gasteiger partial charge is 0.194 e. The Bertz CT molecular complexity index is 685. The highest BCUT2D eigenvalue weighted by molar-refractivity contribution is 6.35. The van der Waals surface area contributed by atoms with E-state index in [0.29, 0.717) is 30.3 Å². The molecule has 0 spiro atoms. The lowest BCUT2D eigenvalue weighted by Crippen LogP contribution is -2.16. The molecule has 1 heterocycles. The zero-order chi connectivity index (χ0) is 14.1. The Hall–Kier alpha value is -2.07. The summed E-state index contributed by atoms with van der Waals surface area (Å²) in [5.74, 6) is 0.245. The van der Waals surface area contributed by atoms with Crippen LogP contribution >= 0.6 is 11.6 Å². The highest BCUT2D eigenvalue weighted by Gasteiger charge is 2.18. The first kappa shape index (κ1) is 12.9. The van der Waals surface area contributed by atoms with Crippen molar-refractivity contribution < 1.29 is 18.7 Å². The molecule has 0 aliphatic carbocycles. The quantitative estimate of drug-likeness (QED) is 0.795. The van der Waals surface area contributed by atoms with Crippen LogP contribution in [0.4, 0.5) is 4.39 Å². The third kappa shape index (κ3) is 2.34. The van der Waals surface area contributed by atoms with Crippen LogP contribution in [0.2, 0.25) is 5.02 Å². The second-order valence-corrected chi connectivity index (χ2v) is 4.72. The van der Waals surface area contributed by atoms with Crippen molar-refractivity contribution in [1.29, 1.82) is 0 Å². The summed E-state index contributed by atoms with van der Waals surface area (Å²) in [6, 6.07) is 8.55. The Balaban J connectivity index is 2.00. The predicted molar refractivity (Wildman–Crippen MR) is 72.3 cm³/mol. The van der Waals surface area contributed by atoms with E-state index in [1.807, 2.05) is 0 Å². The number of ketones is 1. The summed E-state index contributed by atoms with van der Waals surface area (Å²) in [6.07, 6.45) is 0. The number of fused-ring (bicyclic) bond motifs is 1. The molecule has 3 rings (SSSR count). The molecular formula is C15H10ClFO3. The van der Waals surface area contributed by atoms with Crippen molar-refractivity contribution in [3.8, 4) is 11.5 Å². The van der Waals surface area contributed by atoms with E-state index in [4.69, 9.17) is 21.1 Å². The largest absolute Gasteiger partial charge is 0.486 e. The van der Waals surface area contributed by atoms with Crippen LogP contribution in [-0.2, 0) is 0 Å². The standard InChI is InChI=1S/C15H10ClFO3/c16-12-3-2-10(17)8-11(12)15(18)9-1-4-13-14(7-9)20-6-5-19-13/h1-4,7-8H,5-6H2. The number of ether oxygens (including phenoxy) is 2. The topological polar surface area (TPSA) is 35.5 Å². The van der Waals surface area contributed by atoms with E-state index >= 15 is 0 Å². The molecule has 0 unspecified atom stereocenters. The maximum absolute atomic E-state index is 13.2. The average molecular weight is 293 g/mol. The Morgan fingerprint density at radius 2 is 1.80 bits per heavy atom. The summed E-state index contributed by atoms with van der Waals surface area (Å²) >= 11 is 5.94. The molecular weight excluding hydrogens is 283 g/mol. The van der Waals surface area contributed by atoms with E-state index in [1.165, 1.54) is 12.1 Å². The lowest BCUT2D eigenvalue weighted by atomic mass is 10.0. The number of hydrogen-bond donors (Lipinski definition) is 0. The van der Waals surface area contributed by atoms with Gasteiger partial charge < -0.3 is 9.47 Å². The molecule has 102 valence electrons. The minimum atomic E-state index is -0.504. The summed E-state index contributed by atoms with van der Waals surface area (Å²) in [5.41, 5.74) is 0.505. The molecule has 0 fully saturated rings. The molecule has 0 saturated heterocycles. The normalized spacial score (nSPS) is 13.1. The fraction of sp³-hybridized carbons (Fsp3) is 0.133. The molecule has 0 radical (unpaired) electrons. The van der Waals surface area contributed by atoms with Crippen LogP contribution < -0.4 is 9.47 Å². The Morgan fingerprint density at radius 1 is 1.05 bits per heavy atom. The maximum Gasteiger partial charge on any atom is 0.194 e. The Labute approximate surface area is 119 Å². The lowest BCUT2D eigenvalue weighted by Gasteiger charge is -2.18. The zero-order valence-corrected chi connectivity index (χ0v) is 11.1. The molecule has 0 amide bonds. The molecule has 5 heteroatoms. The fourth-order valence-electron chi connectivity index (χ4n) is 2.01. The van der Waals surface area contributed by atoms with Gasteiger partial charge in [-0.1, -0.05) is 11.6 Å². The minimum Gasteiger partial charge on any atom is -0.486 e. The molecule has 3 nitrogen and oxygen atoms in total. The van der Waals surface area contributed by atoms with Crippen LogP contribution in [0, 0.1) is 5.82 Å². The number of rotatable bonds is 2. The lowest BCUT2D eigenvalue weighted by molar-refractivity contribution is 0.103. The maximum atomic E-state index is 13.2. The van der Waals surface area contributed by atoms with E-state index in [-0.39, 0.29) is 16.4 Å². The average Bonchev–Trinajstić information content (AvgIpc) is 2.48. The first-order valence-corrected chi connectivity index (χ1v) is 6.42. The first-order valence-electron chi connectivity index (χ1n) is 6.04. The number of carbonyl (C=O) groups is 1. The van der Waals surface area contributed by atoms with Gasteiger partial charge >= 0.3 is 0 Å². The van der Waals surface area contributed by atoms with Crippen LogP contribution in [-0.4, -0.2) is 19.0 Å². The molecule has 0 bridgehead atoms. The van der Waals surface area contributed by atoms with Crippen molar-refractivity contribution in [3.05, 3.63) is 58.4 Å². The summed E-state index contributed by atoms with van der Waals surface area (Å²) in [4.78, 5) is 12.4. The van der Waals surface area contributed by atoms with Crippen LogP contribution in [0.3, 0.4) is 0 Å². The van der Waals surface area contributed by atoms with Gasteiger partial charge in [-0.05, 0) is 36.4 Å². The molecule has 0 atom stereocenters. The van der Waals surface area contributed by atoms with Gasteiger partial charge in [-0.3, -0.25) is 4.79 Å². The number of hydrogen-bond acceptors (Lipinski definition) is 3. The van der Waals surface area contributed by atoms with Crippen molar-refractivity contribution in [2.24, 2.45) is 0 Å². The summed E-state index contributed by atoms with van der Waals surface area (Å²) in [5, 5.41) is 0.214. The molecule has 1 aliphatic heterocycles. The van der Waals surface area contributed by atoms with E-state index in [0.717, 1.165) is 6.07 Å². The van der Waals surface area contributed by atoms with Gasteiger partial charge in [0.15, 0.2) is 17.3 Å². The van der Waals surface area contributed by atoms with Gasteiger partial charge in [0.05, 0.1) is 5.02 Å². The molecule has 0 aromatic heterocycles. The predicted octanol–water partition coefficient (Wildman–Crippen LogP) is 3.48. The number of halogens is 2. The van der Waals surface area contributed by atoms with Crippen LogP contribution in [0.25, 0.3) is 0 Å². The Kier molecular flexibility index (Phi) is 3.32. The van der Waals surface area contributed by atoms with Crippen molar-refractivity contribution in [1.82, 2.24) is 0 Å². The third-order valence-electron chi connectivity index (χ3n) is 2.98. The molecule has 2 aromatic rings. The summed E-state index contributed by atoms with van der Waals surface area (Å²) in [7, 11) is 0. The zero-order valence-electron chi connectivity index (χ0n) is 10.4. The van der Waals surface area contributed by atoms with Gasteiger partial charge in [0.25, 0.3) is 0 Å². The molecule has 20 heavy (non-hydrogen) atoms.